The van der Waals surface area contributed by atoms with Gasteiger partial charge in [-0.2, -0.15) is 0 Å². The zero-order valence-corrected chi connectivity index (χ0v) is 8.87. The van der Waals surface area contributed by atoms with Crippen molar-refractivity contribution in [3.8, 4) is 0 Å². The van der Waals surface area contributed by atoms with Crippen molar-refractivity contribution in [2.75, 3.05) is 40.0 Å². The Hall–Kier alpha value is -0.160. The maximum absolute atomic E-state index is 6.22. The number of hydrogen-bond donors (Lipinski definition) is 1. The molecule has 2 heterocycles. The fourth-order valence-corrected chi connectivity index (χ4v) is 2.24. The second kappa shape index (κ2) is 4.14. The molecule has 0 saturated carbocycles. The van der Waals surface area contributed by atoms with Gasteiger partial charge in [-0.25, -0.2) is 0 Å². The quantitative estimate of drug-likeness (QED) is 0.687. The third kappa shape index (κ3) is 2.25. The summed E-state index contributed by atoms with van der Waals surface area (Å²) in [5.41, 5.74) is 6.09. The van der Waals surface area contributed by atoms with Crippen molar-refractivity contribution in [1.29, 1.82) is 0 Å². The molecule has 0 aromatic carbocycles. The molecule has 0 spiro atoms. The molecule has 2 rings (SSSR count). The Bertz CT molecular complexity index is 187. The highest BCUT2D eigenvalue weighted by Crippen LogP contribution is 2.19. The first kappa shape index (κ1) is 10.4. The van der Waals surface area contributed by atoms with Crippen LogP contribution in [-0.4, -0.2) is 56.5 Å². The fourth-order valence-electron chi connectivity index (χ4n) is 2.24. The molecule has 0 radical (unpaired) electrons. The highest BCUT2D eigenvalue weighted by molar-refractivity contribution is 4.92. The van der Waals surface area contributed by atoms with Crippen molar-refractivity contribution in [2.45, 2.75) is 24.4 Å². The summed E-state index contributed by atoms with van der Waals surface area (Å²) < 4.78 is 10.7. The molecule has 0 aliphatic carbocycles. The van der Waals surface area contributed by atoms with Gasteiger partial charge in [0.05, 0.1) is 18.8 Å². The minimum atomic E-state index is -0.128. The van der Waals surface area contributed by atoms with Gasteiger partial charge in [-0.1, -0.05) is 0 Å². The van der Waals surface area contributed by atoms with Gasteiger partial charge < -0.3 is 15.2 Å². The lowest BCUT2D eigenvalue weighted by molar-refractivity contribution is 0.128. The SMILES string of the molecule is CN(CC1(N)CCOC1)C1CCOC1. The second-order valence-corrected chi connectivity index (χ2v) is 4.60. The van der Waals surface area contributed by atoms with E-state index in [2.05, 4.69) is 11.9 Å². The molecule has 0 bridgehead atoms. The average Bonchev–Trinajstić information content (AvgIpc) is 2.74. The zero-order valence-electron chi connectivity index (χ0n) is 8.87. The van der Waals surface area contributed by atoms with Crippen molar-refractivity contribution in [2.24, 2.45) is 5.73 Å². The predicted octanol–water partition coefficient (Wildman–Crippen LogP) is -0.175. The van der Waals surface area contributed by atoms with Crippen LogP contribution in [0.2, 0.25) is 0 Å². The molecule has 2 fully saturated rings. The van der Waals surface area contributed by atoms with Crippen LogP contribution < -0.4 is 5.73 Å². The second-order valence-electron chi connectivity index (χ2n) is 4.60. The molecule has 2 aliphatic rings. The van der Waals surface area contributed by atoms with E-state index in [9.17, 15) is 0 Å². The highest BCUT2D eigenvalue weighted by atomic mass is 16.5. The summed E-state index contributed by atoms with van der Waals surface area (Å²) in [5, 5.41) is 0. The normalized spacial score (nSPS) is 38.4. The summed E-state index contributed by atoms with van der Waals surface area (Å²) in [6.07, 6.45) is 2.11. The fraction of sp³-hybridized carbons (Fsp3) is 1.00. The summed E-state index contributed by atoms with van der Waals surface area (Å²) in [7, 11) is 2.13. The van der Waals surface area contributed by atoms with E-state index in [0.29, 0.717) is 12.6 Å². The maximum atomic E-state index is 6.22. The Labute approximate surface area is 85.3 Å². The van der Waals surface area contributed by atoms with Gasteiger partial charge in [0.25, 0.3) is 0 Å². The van der Waals surface area contributed by atoms with Gasteiger partial charge >= 0.3 is 0 Å². The molecule has 2 atom stereocenters. The van der Waals surface area contributed by atoms with Gasteiger partial charge in [0, 0.05) is 25.8 Å². The lowest BCUT2D eigenvalue weighted by Crippen LogP contribution is -2.52. The molecule has 0 amide bonds. The number of hydrogen-bond acceptors (Lipinski definition) is 4. The Morgan fingerprint density at radius 1 is 1.43 bits per heavy atom. The van der Waals surface area contributed by atoms with Gasteiger partial charge in [-0.3, -0.25) is 4.90 Å². The molecular weight excluding hydrogens is 180 g/mol. The minimum absolute atomic E-state index is 0.128. The monoisotopic (exact) mass is 200 g/mol. The molecule has 2 saturated heterocycles. The van der Waals surface area contributed by atoms with E-state index in [1.54, 1.807) is 0 Å². The smallest absolute Gasteiger partial charge is 0.0659 e. The van der Waals surface area contributed by atoms with Gasteiger partial charge in [0.2, 0.25) is 0 Å². The third-order valence-electron chi connectivity index (χ3n) is 3.23. The van der Waals surface area contributed by atoms with Crippen molar-refractivity contribution in [3.05, 3.63) is 0 Å². The lowest BCUT2D eigenvalue weighted by atomic mass is 9.99. The molecule has 0 aromatic heterocycles. The van der Waals surface area contributed by atoms with Crippen LogP contribution >= 0.6 is 0 Å². The Morgan fingerprint density at radius 3 is 2.86 bits per heavy atom. The van der Waals surface area contributed by atoms with E-state index in [4.69, 9.17) is 15.2 Å². The summed E-state index contributed by atoms with van der Waals surface area (Å²) in [6, 6.07) is 0.552. The van der Waals surface area contributed by atoms with Crippen LogP contribution in [0.4, 0.5) is 0 Å². The lowest BCUT2D eigenvalue weighted by Gasteiger charge is -2.31. The summed E-state index contributed by atoms with van der Waals surface area (Å²) >= 11 is 0. The molecule has 4 heteroatoms. The van der Waals surface area contributed by atoms with Crippen molar-refractivity contribution in [3.63, 3.8) is 0 Å². The van der Waals surface area contributed by atoms with Crippen LogP contribution in [0.3, 0.4) is 0 Å². The Kier molecular flexibility index (Phi) is 3.07. The van der Waals surface area contributed by atoms with E-state index in [0.717, 1.165) is 39.2 Å². The number of nitrogens with zero attached hydrogens (tertiary/aromatic N) is 1. The first-order valence-corrected chi connectivity index (χ1v) is 5.34. The van der Waals surface area contributed by atoms with Crippen molar-refractivity contribution < 1.29 is 9.47 Å². The largest absolute Gasteiger partial charge is 0.380 e. The number of nitrogens with two attached hydrogens (primary N) is 1. The summed E-state index contributed by atoms with van der Waals surface area (Å²) in [5.74, 6) is 0. The zero-order chi connectivity index (χ0) is 10.0. The van der Waals surface area contributed by atoms with Gasteiger partial charge in [-0.15, -0.1) is 0 Å². The molecule has 4 nitrogen and oxygen atoms in total. The van der Waals surface area contributed by atoms with Gasteiger partial charge in [0.1, 0.15) is 0 Å². The highest BCUT2D eigenvalue weighted by Gasteiger charge is 2.33. The third-order valence-corrected chi connectivity index (χ3v) is 3.23. The van der Waals surface area contributed by atoms with E-state index < -0.39 is 0 Å². The molecule has 14 heavy (non-hydrogen) atoms. The first-order valence-electron chi connectivity index (χ1n) is 5.34. The molecule has 2 unspecified atom stereocenters. The molecule has 2 N–H and O–H groups in total. The van der Waals surface area contributed by atoms with E-state index in [1.165, 1.54) is 0 Å². The molecular formula is C10H20N2O2. The van der Waals surface area contributed by atoms with Crippen LogP contribution in [0.15, 0.2) is 0 Å². The van der Waals surface area contributed by atoms with Crippen LogP contribution in [0.25, 0.3) is 0 Å². The molecule has 0 aromatic rings. The van der Waals surface area contributed by atoms with Crippen LogP contribution in [0, 0.1) is 0 Å². The van der Waals surface area contributed by atoms with Crippen LogP contribution in [0.5, 0.6) is 0 Å². The Morgan fingerprint density at radius 2 is 2.29 bits per heavy atom. The van der Waals surface area contributed by atoms with Gasteiger partial charge in [0.15, 0.2) is 0 Å². The van der Waals surface area contributed by atoms with E-state index in [1.807, 2.05) is 0 Å². The summed E-state index contributed by atoms with van der Waals surface area (Å²) in [4.78, 5) is 2.32. The summed E-state index contributed by atoms with van der Waals surface area (Å²) in [6.45, 7) is 4.17. The number of rotatable bonds is 3. The average molecular weight is 200 g/mol. The topological polar surface area (TPSA) is 47.7 Å². The minimum Gasteiger partial charge on any atom is -0.380 e. The number of ether oxygens (including phenoxy) is 2. The predicted molar refractivity (Wildman–Crippen MR) is 54.2 cm³/mol. The molecule has 82 valence electrons. The van der Waals surface area contributed by atoms with Crippen molar-refractivity contribution in [1.82, 2.24) is 4.90 Å². The maximum Gasteiger partial charge on any atom is 0.0659 e. The van der Waals surface area contributed by atoms with Gasteiger partial charge in [-0.05, 0) is 19.9 Å². The van der Waals surface area contributed by atoms with E-state index >= 15 is 0 Å². The van der Waals surface area contributed by atoms with Crippen molar-refractivity contribution >= 4 is 0 Å². The van der Waals surface area contributed by atoms with Crippen LogP contribution in [0.1, 0.15) is 12.8 Å². The standard InChI is InChI=1S/C10H20N2O2/c1-12(9-2-4-13-6-9)7-10(11)3-5-14-8-10/h9H,2-8,11H2,1H3. The Balaban J connectivity index is 1.83. The van der Waals surface area contributed by atoms with Crippen LogP contribution in [-0.2, 0) is 9.47 Å². The molecule has 2 aliphatic heterocycles. The first-order chi connectivity index (χ1) is 6.70. The van der Waals surface area contributed by atoms with E-state index in [-0.39, 0.29) is 5.54 Å². The number of likely N-dealkylation sites (N-methyl/N-ethyl adjacent to an activating group) is 1.